The van der Waals surface area contributed by atoms with Crippen LogP contribution in [0.15, 0.2) is 27.6 Å². The van der Waals surface area contributed by atoms with Gasteiger partial charge in [-0.2, -0.15) is 0 Å². The van der Waals surface area contributed by atoms with Crippen molar-refractivity contribution in [2.75, 3.05) is 19.3 Å². The first-order valence-corrected chi connectivity index (χ1v) is 7.67. The van der Waals surface area contributed by atoms with E-state index in [-0.39, 0.29) is 17.2 Å². The Hall–Kier alpha value is -0.460. The molecule has 6 heteroatoms. The van der Waals surface area contributed by atoms with Crippen molar-refractivity contribution in [1.82, 2.24) is 5.32 Å². The molecule has 0 amide bonds. The van der Waals surface area contributed by atoms with E-state index in [2.05, 4.69) is 21.2 Å². The molecule has 0 radical (unpaired) electrons. The molecule has 0 spiro atoms. The Kier molecular flexibility index (Phi) is 5.09. The van der Waals surface area contributed by atoms with Crippen molar-refractivity contribution in [2.24, 2.45) is 0 Å². The fourth-order valence-electron chi connectivity index (χ4n) is 1.42. The van der Waals surface area contributed by atoms with E-state index in [0.29, 0.717) is 10.0 Å². The summed E-state index contributed by atoms with van der Waals surface area (Å²) in [5, 5.41) is 2.73. The minimum absolute atomic E-state index is 0.0283. The molecular formula is C11H15BrFNO2S. The predicted molar refractivity (Wildman–Crippen MR) is 69.6 cm³/mol. The Morgan fingerprint density at radius 2 is 2.12 bits per heavy atom. The van der Waals surface area contributed by atoms with Gasteiger partial charge in [0.2, 0.25) is 0 Å². The van der Waals surface area contributed by atoms with Crippen LogP contribution in [-0.4, -0.2) is 27.8 Å². The van der Waals surface area contributed by atoms with Gasteiger partial charge in [-0.1, -0.05) is 13.0 Å². The van der Waals surface area contributed by atoms with Gasteiger partial charge in [0.25, 0.3) is 0 Å². The maximum Gasteiger partial charge on any atom is 0.179 e. The van der Waals surface area contributed by atoms with Crippen LogP contribution in [0.1, 0.15) is 18.7 Å². The van der Waals surface area contributed by atoms with E-state index in [9.17, 15) is 12.8 Å². The fraction of sp³-hybridized carbons (Fsp3) is 0.455. The van der Waals surface area contributed by atoms with Crippen molar-refractivity contribution < 1.29 is 12.8 Å². The molecule has 1 aromatic carbocycles. The first kappa shape index (κ1) is 14.6. The van der Waals surface area contributed by atoms with E-state index >= 15 is 0 Å². The number of alkyl halides is 1. The Morgan fingerprint density at radius 1 is 1.47 bits per heavy atom. The second-order valence-corrected chi connectivity index (χ2v) is 6.72. The normalized spacial score (nSPS) is 13.6. The van der Waals surface area contributed by atoms with Crippen LogP contribution < -0.4 is 5.32 Å². The molecule has 17 heavy (non-hydrogen) atoms. The van der Waals surface area contributed by atoms with Crippen molar-refractivity contribution >= 4 is 25.8 Å². The summed E-state index contributed by atoms with van der Waals surface area (Å²) < 4.78 is 37.4. The van der Waals surface area contributed by atoms with E-state index in [1.54, 1.807) is 14.0 Å². The lowest BCUT2D eigenvalue weighted by molar-refractivity contribution is 0.335. The minimum Gasteiger partial charge on any atom is -0.317 e. The maximum atomic E-state index is 13.6. The van der Waals surface area contributed by atoms with Crippen LogP contribution in [0.4, 0.5) is 4.39 Å². The van der Waals surface area contributed by atoms with Gasteiger partial charge in [0, 0.05) is 11.0 Å². The summed E-state index contributed by atoms with van der Waals surface area (Å²) in [4.78, 5) is 0.209. The molecule has 96 valence electrons. The summed E-state index contributed by atoms with van der Waals surface area (Å²) in [5.74, 6) is 0.0283. The van der Waals surface area contributed by atoms with Crippen LogP contribution in [0.5, 0.6) is 0 Å². The molecule has 1 aromatic rings. The van der Waals surface area contributed by atoms with E-state index in [0.717, 1.165) is 0 Å². The lowest BCUT2D eigenvalue weighted by Gasteiger charge is -2.10. The van der Waals surface area contributed by atoms with E-state index in [4.69, 9.17) is 0 Å². The fourth-order valence-corrected chi connectivity index (χ4v) is 3.50. The molecule has 3 nitrogen and oxygen atoms in total. The molecule has 1 rings (SSSR count). The summed E-state index contributed by atoms with van der Waals surface area (Å²) in [7, 11) is -1.60. The standard InChI is InChI=1S/C11H15BrFNO2S/c1-3-17(15,16)11-5-4-8(6-9(11)12)10(13)7-14-2/h4-6,10,14H,3,7H2,1-2H3. The monoisotopic (exact) mass is 323 g/mol. The summed E-state index contributed by atoms with van der Waals surface area (Å²) in [5.41, 5.74) is 0.460. The number of hydrogen-bond acceptors (Lipinski definition) is 3. The molecule has 0 fully saturated rings. The maximum absolute atomic E-state index is 13.6. The summed E-state index contributed by atoms with van der Waals surface area (Å²) in [6, 6.07) is 4.47. The Morgan fingerprint density at radius 3 is 2.59 bits per heavy atom. The van der Waals surface area contributed by atoms with Gasteiger partial charge in [-0.25, -0.2) is 12.8 Å². The molecule has 1 unspecified atom stereocenters. The molecular weight excluding hydrogens is 309 g/mol. The Balaban J connectivity index is 3.11. The van der Waals surface area contributed by atoms with Gasteiger partial charge in [-0.15, -0.1) is 0 Å². The predicted octanol–water partition coefficient (Wildman–Crippen LogP) is 2.47. The van der Waals surface area contributed by atoms with Crippen molar-refractivity contribution in [3.8, 4) is 0 Å². The quantitative estimate of drug-likeness (QED) is 0.905. The third-order valence-corrected chi connectivity index (χ3v) is 5.12. The average Bonchev–Trinajstić information content (AvgIpc) is 2.29. The number of benzene rings is 1. The van der Waals surface area contributed by atoms with E-state index < -0.39 is 16.0 Å². The lowest BCUT2D eigenvalue weighted by atomic mass is 10.1. The second-order valence-electron chi connectivity index (χ2n) is 3.62. The smallest absolute Gasteiger partial charge is 0.179 e. The topological polar surface area (TPSA) is 46.2 Å². The second kappa shape index (κ2) is 5.93. The van der Waals surface area contributed by atoms with Crippen molar-refractivity contribution in [2.45, 2.75) is 18.0 Å². The first-order valence-electron chi connectivity index (χ1n) is 5.23. The van der Waals surface area contributed by atoms with Gasteiger partial charge in [0.05, 0.1) is 10.6 Å². The third kappa shape index (κ3) is 3.50. The molecule has 0 aliphatic carbocycles. The zero-order chi connectivity index (χ0) is 13.1. The highest BCUT2D eigenvalue weighted by Crippen LogP contribution is 2.27. The van der Waals surface area contributed by atoms with Gasteiger partial charge in [-0.3, -0.25) is 0 Å². The number of hydrogen-bond donors (Lipinski definition) is 1. The number of sulfone groups is 1. The summed E-state index contributed by atoms with van der Waals surface area (Å²) >= 11 is 3.18. The molecule has 0 bridgehead atoms. The van der Waals surface area contributed by atoms with Gasteiger partial charge in [-0.05, 0) is 40.7 Å². The molecule has 0 aromatic heterocycles. The van der Waals surface area contributed by atoms with Crippen LogP contribution in [-0.2, 0) is 9.84 Å². The van der Waals surface area contributed by atoms with Crippen LogP contribution >= 0.6 is 15.9 Å². The zero-order valence-corrected chi connectivity index (χ0v) is 12.1. The molecule has 1 atom stereocenters. The molecule has 0 aliphatic heterocycles. The number of nitrogens with one attached hydrogen (secondary N) is 1. The van der Waals surface area contributed by atoms with Crippen LogP contribution in [0.25, 0.3) is 0 Å². The van der Waals surface area contributed by atoms with Gasteiger partial charge >= 0.3 is 0 Å². The zero-order valence-electron chi connectivity index (χ0n) is 9.70. The molecule has 0 aliphatic rings. The Labute approximate surface area is 109 Å². The average molecular weight is 324 g/mol. The van der Waals surface area contributed by atoms with Crippen LogP contribution in [0, 0.1) is 0 Å². The largest absolute Gasteiger partial charge is 0.317 e. The summed E-state index contributed by atoms with van der Waals surface area (Å²) in [6.07, 6.45) is -1.14. The van der Waals surface area contributed by atoms with Gasteiger partial charge < -0.3 is 5.32 Å². The highest BCUT2D eigenvalue weighted by Gasteiger charge is 2.17. The Bertz CT molecular complexity index is 490. The van der Waals surface area contributed by atoms with Crippen molar-refractivity contribution in [3.63, 3.8) is 0 Å². The van der Waals surface area contributed by atoms with Crippen molar-refractivity contribution in [3.05, 3.63) is 28.2 Å². The first-order chi connectivity index (χ1) is 7.92. The third-order valence-electron chi connectivity index (χ3n) is 2.42. The molecule has 0 heterocycles. The van der Waals surface area contributed by atoms with Gasteiger partial charge in [0.15, 0.2) is 9.84 Å². The number of halogens is 2. The van der Waals surface area contributed by atoms with Gasteiger partial charge in [0.1, 0.15) is 6.17 Å². The highest BCUT2D eigenvalue weighted by atomic mass is 79.9. The summed E-state index contributed by atoms with van der Waals surface area (Å²) in [6.45, 7) is 1.78. The SMILES string of the molecule is CCS(=O)(=O)c1ccc(C(F)CNC)cc1Br. The van der Waals surface area contributed by atoms with Crippen molar-refractivity contribution in [1.29, 1.82) is 0 Å². The lowest BCUT2D eigenvalue weighted by Crippen LogP contribution is -2.14. The van der Waals surface area contributed by atoms with E-state index in [1.165, 1.54) is 18.2 Å². The number of rotatable bonds is 5. The van der Waals surface area contributed by atoms with E-state index in [1.807, 2.05) is 0 Å². The van der Waals surface area contributed by atoms with Crippen LogP contribution in [0.3, 0.4) is 0 Å². The molecule has 1 N–H and O–H groups in total. The minimum atomic E-state index is -3.27. The highest BCUT2D eigenvalue weighted by molar-refractivity contribution is 9.10. The molecule has 0 saturated heterocycles. The molecule has 0 saturated carbocycles. The number of likely N-dealkylation sites (N-methyl/N-ethyl adjacent to an activating group) is 1. The van der Waals surface area contributed by atoms with Crippen LogP contribution in [0.2, 0.25) is 0 Å².